The molecule has 3 rings (SSSR count). The summed E-state index contributed by atoms with van der Waals surface area (Å²) in [6.07, 6.45) is 3.77. The number of benzene rings is 2. The molecule has 36 heavy (non-hydrogen) atoms. The fraction of sp³-hybridized carbons (Fsp3) is 0.385. The average molecular weight is 541 g/mol. The quantitative estimate of drug-likeness (QED) is 0.395. The molecule has 0 amide bonds. The van der Waals surface area contributed by atoms with Crippen molar-refractivity contribution in [3.8, 4) is 0 Å². The topological polar surface area (TPSA) is 59.1 Å². The average Bonchev–Trinajstić information content (AvgIpc) is 2.84. The first-order chi connectivity index (χ1) is 17.1. The zero-order valence-corrected chi connectivity index (χ0v) is 22.4. The van der Waals surface area contributed by atoms with E-state index in [0.717, 1.165) is 0 Å². The molecule has 1 unspecified atom stereocenters. The summed E-state index contributed by atoms with van der Waals surface area (Å²) >= 11 is 6.24. The van der Waals surface area contributed by atoms with Gasteiger partial charge in [-0.2, -0.15) is 0 Å². The lowest BCUT2D eigenvalue weighted by molar-refractivity contribution is 0.215. The van der Waals surface area contributed by atoms with Crippen LogP contribution in [0.4, 0.5) is 14.5 Å². The van der Waals surface area contributed by atoms with E-state index in [1.54, 1.807) is 24.3 Å². The minimum Gasteiger partial charge on any atom is -0.493 e. The number of ether oxygens (including phenoxy) is 2. The third-order valence-electron chi connectivity index (χ3n) is 5.95. The summed E-state index contributed by atoms with van der Waals surface area (Å²) in [5.74, 6) is -0.624. The van der Waals surface area contributed by atoms with Crippen LogP contribution < -0.4 is 4.31 Å². The second-order valence-electron chi connectivity index (χ2n) is 8.71. The highest BCUT2D eigenvalue weighted by atomic mass is 35.5. The van der Waals surface area contributed by atoms with Crippen molar-refractivity contribution < 1.29 is 26.7 Å². The fourth-order valence-corrected chi connectivity index (χ4v) is 6.10. The molecule has 1 aliphatic rings. The predicted molar refractivity (Wildman–Crippen MR) is 139 cm³/mol. The molecule has 10 heteroatoms. The van der Waals surface area contributed by atoms with Crippen LogP contribution in [0.15, 0.2) is 60.1 Å². The van der Waals surface area contributed by atoms with E-state index in [9.17, 15) is 17.2 Å². The van der Waals surface area contributed by atoms with Gasteiger partial charge in [0.25, 0.3) is 0 Å². The molecule has 0 bridgehead atoms. The number of allylic oxidation sites excluding steroid dienone is 1. The van der Waals surface area contributed by atoms with Gasteiger partial charge >= 0.3 is 0 Å². The van der Waals surface area contributed by atoms with Gasteiger partial charge in [0.2, 0.25) is 10.0 Å². The Kier molecular flexibility index (Phi) is 9.38. The number of hydrogen-bond donors (Lipinski definition) is 0. The number of halogens is 3. The fourth-order valence-electron chi connectivity index (χ4n) is 4.11. The molecule has 0 saturated carbocycles. The van der Waals surface area contributed by atoms with Crippen LogP contribution in [0.3, 0.4) is 0 Å². The van der Waals surface area contributed by atoms with Crippen molar-refractivity contribution in [3.63, 3.8) is 0 Å². The first-order valence-electron chi connectivity index (χ1n) is 11.5. The van der Waals surface area contributed by atoms with Crippen LogP contribution in [0, 0.1) is 11.6 Å². The molecule has 0 aromatic heterocycles. The van der Waals surface area contributed by atoms with Gasteiger partial charge in [-0.15, -0.1) is 0 Å². The Labute approximate surface area is 216 Å². The normalized spacial score (nSPS) is 15.9. The van der Waals surface area contributed by atoms with Crippen molar-refractivity contribution in [2.45, 2.75) is 24.5 Å². The van der Waals surface area contributed by atoms with Crippen LogP contribution in [0.25, 0.3) is 0 Å². The number of rotatable bonds is 11. The highest BCUT2D eigenvalue weighted by molar-refractivity contribution is 7.93. The number of hydrogen-bond acceptors (Lipinski definition) is 5. The van der Waals surface area contributed by atoms with Crippen LogP contribution in [-0.4, -0.2) is 60.0 Å². The Morgan fingerprint density at radius 2 is 1.69 bits per heavy atom. The lowest BCUT2D eigenvalue weighted by Crippen LogP contribution is -2.41. The highest BCUT2D eigenvalue weighted by Crippen LogP contribution is 2.34. The van der Waals surface area contributed by atoms with Gasteiger partial charge in [0, 0.05) is 23.6 Å². The Balaban J connectivity index is 2.08. The van der Waals surface area contributed by atoms with E-state index in [0.29, 0.717) is 40.8 Å². The van der Waals surface area contributed by atoms with Crippen LogP contribution >= 0.6 is 11.6 Å². The summed E-state index contributed by atoms with van der Waals surface area (Å²) in [4.78, 5) is 1.96. The summed E-state index contributed by atoms with van der Waals surface area (Å²) in [6, 6.07) is 8.35. The van der Waals surface area contributed by atoms with E-state index >= 15 is 0 Å². The minimum atomic E-state index is -3.97. The standard InChI is InChI=1S/C26H31ClF2N2O4S/c1-30(2)13-6-14-31(36(32,33)20-10-12-25(34-3)26(17-20)35-4)24-11-9-19(27)15-18(24)16-21-22(28)7-5-8-23(21)29/h5,7-9,11-12,15,17,20H,6,10,13-14,16H2,1-4H3. The Bertz CT molecular complexity index is 1230. The summed E-state index contributed by atoms with van der Waals surface area (Å²) < 4.78 is 68.9. The molecule has 0 fully saturated rings. The van der Waals surface area contributed by atoms with Crippen LogP contribution in [0.5, 0.6) is 0 Å². The second-order valence-corrected chi connectivity index (χ2v) is 11.2. The predicted octanol–water partition coefficient (Wildman–Crippen LogP) is 5.13. The van der Waals surface area contributed by atoms with E-state index in [1.165, 1.54) is 42.8 Å². The summed E-state index contributed by atoms with van der Waals surface area (Å²) in [5.41, 5.74) is 0.577. The third-order valence-corrected chi connectivity index (χ3v) is 8.27. The Morgan fingerprint density at radius 3 is 2.31 bits per heavy atom. The van der Waals surface area contributed by atoms with Gasteiger partial charge in [-0.05, 0) is 81.5 Å². The van der Waals surface area contributed by atoms with Gasteiger partial charge in [0.1, 0.15) is 16.9 Å². The first kappa shape index (κ1) is 28.0. The molecule has 0 heterocycles. The van der Waals surface area contributed by atoms with Gasteiger partial charge in [0.05, 0.1) is 19.9 Å². The van der Waals surface area contributed by atoms with E-state index in [2.05, 4.69) is 0 Å². The molecular weight excluding hydrogens is 510 g/mol. The maximum atomic E-state index is 14.5. The minimum absolute atomic E-state index is 0.154. The van der Waals surface area contributed by atoms with E-state index < -0.39 is 26.9 Å². The van der Waals surface area contributed by atoms with Gasteiger partial charge in [-0.25, -0.2) is 17.2 Å². The summed E-state index contributed by atoms with van der Waals surface area (Å²) in [5, 5.41) is -0.581. The van der Waals surface area contributed by atoms with E-state index in [1.807, 2.05) is 19.0 Å². The van der Waals surface area contributed by atoms with Gasteiger partial charge in [0.15, 0.2) is 11.5 Å². The van der Waals surface area contributed by atoms with Crippen LogP contribution in [-0.2, 0) is 25.9 Å². The van der Waals surface area contributed by atoms with Crippen molar-refractivity contribution in [1.82, 2.24) is 4.90 Å². The second kappa shape index (κ2) is 12.1. The first-order valence-corrected chi connectivity index (χ1v) is 13.3. The molecule has 196 valence electrons. The molecule has 2 aromatic rings. The van der Waals surface area contributed by atoms with Gasteiger partial charge < -0.3 is 14.4 Å². The third kappa shape index (κ3) is 6.38. The van der Waals surface area contributed by atoms with Gasteiger partial charge in [-0.1, -0.05) is 17.7 Å². The molecule has 0 N–H and O–H groups in total. The van der Waals surface area contributed by atoms with Crippen molar-refractivity contribution >= 4 is 27.3 Å². The van der Waals surface area contributed by atoms with Crippen molar-refractivity contribution in [2.75, 3.05) is 45.7 Å². The molecule has 0 spiro atoms. The number of nitrogens with zero attached hydrogens (tertiary/aromatic N) is 2. The number of sulfonamides is 1. The highest BCUT2D eigenvalue weighted by Gasteiger charge is 2.34. The zero-order chi connectivity index (χ0) is 26.5. The number of methoxy groups -OCH3 is 2. The van der Waals surface area contributed by atoms with Crippen molar-refractivity contribution in [2.24, 2.45) is 0 Å². The van der Waals surface area contributed by atoms with Crippen molar-refractivity contribution in [1.29, 1.82) is 0 Å². The Hall–Kier alpha value is -2.62. The lowest BCUT2D eigenvalue weighted by atomic mass is 10.0. The largest absolute Gasteiger partial charge is 0.493 e. The maximum Gasteiger partial charge on any atom is 0.242 e. The monoisotopic (exact) mass is 540 g/mol. The lowest BCUT2D eigenvalue weighted by Gasteiger charge is -2.31. The Morgan fingerprint density at radius 1 is 1.03 bits per heavy atom. The van der Waals surface area contributed by atoms with E-state index in [4.69, 9.17) is 21.1 Å². The summed E-state index contributed by atoms with van der Waals surface area (Å²) in [6.45, 7) is 0.816. The maximum absolute atomic E-state index is 14.5. The zero-order valence-electron chi connectivity index (χ0n) is 20.8. The summed E-state index contributed by atoms with van der Waals surface area (Å²) in [7, 11) is 2.77. The van der Waals surface area contributed by atoms with Crippen LogP contribution in [0.1, 0.15) is 24.0 Å². The molecule has 6 nitrogen and oxygen atoms in total. The molecule has 0 radical (unpaired) electrons. The van der Waals surface area contributed by atoms with Crippen molar-refractivity contribution in [3.05, 3.63) is 87.9 Å². The van der Waals surface area contributed by atoms with Crippen LogP contribution in [0.2, 0.25) is 5.02 Å². The molecule has 2 aromatic carbocycles. The molecular formula is C26H31ClF2N2O4S. The molecule has 1 atom stereocenters. The van der Waals surface area contributed by atoms with Gasteiger partial charge in [-0.3, -0.25) is 4.31 Å². The molecule has 1 aliphatic carbocycles. The van der Waals surface area contributed by atoms with E-state index in [-0.39, 0.29) is 24.9 Å². The molecule has 0 aliphatic heterocycles. The SMILES string of the molecule is COC1=CCC(S(=O)(=O)N(CCCN(C)C)c2ccc(Cl)cc2Cc2c(F)cccc2F)C=C1OC. The number of anilines is 1. The molecule has 0 saturated heterocycles. The smallest absolute Gasteiger partial charge is 0.242 e.